The number of aromatic nitrogens is 1. The molecule has 0 aliphatic heterocycles. The fourth-order valence-electron chi connectivity index (χ4n) is 2.79. The van der Waals surface area contributed by atoms with Gasteiger partial charge in [0.05, 0.1) is 17.5 Å². The summed E-state index contributed by atoms with van der Waals surface area (Å²) in [6.45, 7) is 7.47. The second kappa shape index (κ2) is 8.93. The van der Waals surface area contributed by atoms with E-state index in [9.17, 15) is 22.8 Å². The number of carbonyl (C=O) groups excluding carboxylic acids is 2. The lowest BCUT2D eigenvalue weighted by Gasteiger charge is -2.16. The van der Waals surface area contributed by atoms with Crippen LogP contribution in [0.4, 0.5) is 13.2 Å². The average molecular weight is 408 g/mol. The van der Waals surface area contributed by atoms with Gasteiger partial charge in [-0.05, 0) is 38.0 Å². The summed E-state index contributed by atoms with van der Waals surface area (Å²) in [5, 5.41) is 6.21. The first-order chi connectivity index (χ1) is 13.5. The molecule has 2 amide bonds. The lowest BCUT2D eigenvalue weighted by atomic mass is 10.1. The number of nitrogens with one attached hydrogen (secondary N) is 2. The molecule has 1 heterocycles. The molecule has 2 rings (SSSR count). The maximum Gasteiger partial charge on any atom is 0.418 e. The van der Waals surface area contributed by atoms with Gasteiger partial charge in [0.15, 0.2) is 0 Å². The summed E-state index contributed by atoms with van der Waals surface area (Å²) in [7, 11) is 0. The molecule has 0 radical (unpaired) electrons. The summed E-state index contributed by atoms with van der Waals surface area (Å²) in [4.78, 5) is 23.3. The number of hydrazone groups is 1. The van der Waals surface area contributed by atoms with Crippen LogP contribution >= 0.6 is 0 Å². The van der Waals surface area contributed by atoms with E-state index in [0.29, 0.717) is 23.5 Å². The van der Waals surface area contributed by atoms with Gasteiger partial charge >= 0.3 is 18.0 Å². The van der Waals surface area contributed by atoms with Crippen molar-refractivity contribution in [1.82, 2.24) is 15.3 Å². The van der Waals surface area contributed by atoms with E-state index in [-0.39, 0.29) is 11.6 Å². The standard InChI is InChI=1S/C20H23F3N4O2/c1-12(2)10-24-18(28)19(29)26-25-11-15-9-13(3)27(14(15)4)17-8-6-5-7-16(17)20(21,22)23/h5-9,11-12H,10H2,1-4H3,(H,24,28)(H,26,29)/b25-11-. The van der Waals surface area contributed by atoms with E-state index in [1.165, 1.54) is 29.0 Å². The molecule has 0 saturated carbocycles. The quantitative estimate of drug-likeness (QED) is 0.452. The fraction of sp³-hybridized carbons (Fsp3) is 0.350. The lowest BCUT2D eigenvalue weighted by Crippen LogP contribution is -2.39. The topological polar surface area (TPSA) is 75.5 Å². The normalized spacial score (nSPS) is 11.9. The zero-order valence-corrected chi connectivity index (χ0v) is 16.6. The number of halogens is 3. The molecular weight excluding hydrogens is 385 g/mol. The van der Waals surface area contributed by atoms with Crippen LogP contribution in [0.2, 0.25) is 0 Å². The van der Waals surface area contributed by atoms with Gasteiger partial charge in [-0.15, -0.1) is 0 Å². The number of aryl methyl sites for hydroxylation is 1. The van der Waals surface area contributed by atoms with Crippen molar-refractivity contribution in [2.75, 3.05) is 6.54 Å². The molecule has 1 aromatic heterocycles. The fourth-order valence-corrected chi connectivity index (χ4v) is 2.79. The Bertz CT molecular complexity index is 930. The lowest BCUT2D eigenvalue weighted by molar-refractivity contribution is -0.139. The van der Waals surface area contributed by atoms with Crippen molar-refractivity contribution in [1.29, 1.82) is 0 Å². The summed E-state index contributed by atoms with van der Waals surface area (Å²) in [6, 6.07) is 6.94. The zero-order chi connectivity index (χ0) is 21.8. The SMILES string of the molecule is Cc1cc(/C=N\NC(=O)C(=O)NCC(C)C)c(C)n1-c1ccccc1C(F)(F)F. The molecular formula is C20H23F3N4O2. The highest BCUT2D eigenvalue weighted by Crippen LogP contribution is 2.35. The predicted molar refractivity (Wildman–Crippen MR) is 104 cm³/mol. The first-order valence-electron chi connectivity index (χ1n) is 8.99. The number of hydrogen-bond acceptors (Lipinski definition) is 3. The highest BCUT2D eigenvalue weighted by molar-refractivity contribution is 6.35. The third-order valence-corrected chi connectivity index (χ3v) is 4.17. The maximum atomic E-state index is 13.4. The Morgan fingerprint density at radius 1 is 1.17 bits per heavy atom. The van der Waals surface area contributed by atoms with Crippen LogP contribution in [0.1, 0.15) is 36.4 Å². The van der Waals surface area contributed by atoms with Crippen molar-refractivity contribution in [3.05, 3.63) is 52.8 Å². The second-order valence-corrected chi connectivity index (χ2v) is 6.98. The first-order valence-corrected chi connectivity index (χ1v) is 8.99. The molecule has 0 fully saturated rings. The highest BCUT2D eigenvalue weighted by Gasteiger charge is 2.34. The maximum absolute atomic E-state index is 13.4. The van der Waals surface area contributed by atoms with Gasteiger partial charge in [-0.3, -0.25) is 9.59 Å². The van der Waals surface area contributed by atoms with Gasteiger partial charge in [0.2, 0.25) is 0 Å². The molecule has 0 spiro atoms. The predicted octanol–water partition coefficient (Wildman–Crippen LogP) is 3.34. The average Bonchev–Trinajstić information content (AvgIpc) is 2.92. The van der Waals surface area contributed by atoms with Crippen molar-refractivity contribution < 1.29 is 22.8 Å². The Labute approximate surface area is 166 Å². The molecule has 2 aromatic rings. The monoisotopic (exact) mass is 408 g/mol. The number of amides is 2. The van der Waals surface area contributed by atoms with Crippen molar-refractivity contribution in [3.63, 3.8) is 0 Å². The number of nitrogens with zero attached hydrogens (tertiary/aromatic N) is 2. The van der Waals surface area contributed by atoms with Gasteiger partial charge in [-0.1, -0.05) is 26.0 Å². The molecule has 0 atom stereocenters. The van der Waals surface area contributed by atoms with Gasteiger partial charge in [-0.2, -0.15) is 18.3 Å². The minimum atomic E-state index is -4.49. The van der Waals surface area contributed by atoms with Gasteiger partial charge in [0.1, 0.15) is 0 Å². The van der Waals surface area contributed by atoms with Crippen LogP contribution in [-0.4, -0.2) is 29.1 Å². The van der Waals surface area contributed by atoms with Gasteiger partial charge < -0.3 is 9.88 Å². The number of hydrogen-bond donors (Lipinski definition) is 2. The smallest absolute Gasteiger partial charge is 0.348 e. The molecule has 1 aromatic carbocycles. The summed E-state index contributed by atoms with van der Waals surface area (Å²) < 4.78 is 41.6. The van der Waals surface area contributed by atoms with Gasteiger partial charge in [0.25, 0.3) is 0 Å². The van der Waals surface area contributed by atoms with Crippen molar-refractivity contribution in [2.24, 2.45) is 11.0 Å². The van der Waals surface area contributed by atoms with Gasteiger partial charge in [0, 0.05) is 23.5 Å². The van der Waals surface area contributed by atoms with E-state index in [1.54, 1.807) is 19.9 Å². The summed E-state index contributed by atoms with van der Waals surface area (Å²) in [5.41, 5.74) is 2.97. The van der Waals surface area contributed by atoms with Crippen LogP contribution in [0.3, 0.4) is 0 Å². The van der Waals surface area contributed by atoms with Crippen LogP contribution in [0.25, 0.3) is 5.69 Å². The van der Waals surface area contributed by atoms with Gasteiger partial charge in [-0.25, -0.2) is 5.43 Å². The van der Waals surface area contributed by atoms with Crippen LogP contribution in [-0.2, 0) is 15.8 Å². The molecule has 0 aliphatic rings. The third-order valence-electron chi connectivity index (χ3n) is 4.17. The molecule has 6 nitrogen and oxygen atoms in total. The molecule has 0 unspecified atom stereocenters. The number of alkyl halides is 3. The summed E-state index contributed by atoms with van der Waals surface area (Å²) in [6.07, 6.45) is -3.20. The first kappa shape index (κ1) is 22.2. The van der Waals surface area contributed by atoms with E-state index in [4.69, 9.17) is 0 Å². The molecule has 0 aliphatic carbocycles. The Kier molecular flexibility index (Phi) is 6.84. The van der Waals surface area contributed by atoms with Crippen molar-refractivity contribution in [2.45, 2.75) is 33.9 Å². The summed E-state index contributed by atoms with van der Waals surface area (Å²) in [5.74, 6) is -1.53. The van der Waals surface area contributed by atoms with E-state index >= 15 is 0 Å². The van der Waals surface area contributed by atoms with Crippen LogP contribution in [0, 0.1) is 19.8 Å². The number of benzene rings is 1. The molecule has 2 N–H and O–H groups in total. The molecule has 9 heteroatoms. The number of para-hydroxylation sites is 1. The van der Waals surface area contributed by atoms with Crippen molar-refractivity contribution >= 4 is 18.0 Å². The minimum absolute atomic E-state index is 0.00625. The molecule has 156 valence electrons. The Morgan fingerprint density at radius 2 is 1.83 bits per heavy atom. The minimum Gasteiger partial charge on any atom is -0.348 e. The van der Waals surface area contributed by atoms with E-state index in [1.807, 2.05) is 13.8 Å². The van der Waals surface area contributed by atoms with Crippen LogP contribution in [0.15, 0.2) is 35.4 Å². The zero-order valence-electron chi connectivity index (χ0n) is 16.6. The summed E-state index contributed by atoms with van der Waals surface area (Å²) >= 11 is 0. The van der Waals surface area contributed by atoms with Crippen molar-refractivity contribution in [3.8, 4) is 5.69 Å². The molecule has 0 saturated heterocycles. The van der Waals surface area contributed by atoms with E-state index < -0.39 is 23.6 Å². The Balaban J connectivity index is 2.22. The number of rotatable bonds is 5. The number of carbonyl (C=O) groups is 2. The molecule has 0 bridgehead atoms. The Morgan fingerprint density at radius 3 is 2.45 bits per heavy atom. The van der Waals surface area contributed by atoms with E-state index in [0.717, 1.165) is 6.07 Å². The largest absolute Gasteiger partial charge is 0.418 e. The van der Waals surface area contributed by atoms with Crippen LogP contribution in [0.5, 0.6) is 0 Å². The highest BCUT2D eigenvalue weighted by atomic mass is 19.4. The molecule has 29 heavy (non-hydrogen) atoms. The van der Waals surface area contributed by atoms with Crippen LogP contribution < -0.4 is 10.7 Å². The Hall–Kier alpha value is -3.10. The third kappa shape index (κ3) is 5.46. The van der Waals surface area contributed by atoms with E-state index in [2.05, 4.69) is 15.8 Å². The second-order valence-electron chi connectivity index (χ2n) is 6.98.